The van der Waals surface area contributed by atoms with Crippen molar-refractivity contribution >= 4 is 34.2 Å². The molecule has 2 heterocycles. The van der Waals surface area contributed by atoms with Crippen LogP contribution in [0, 0.1) is 0 Å². The highest BCUT2D eigenvalue weighted by Crippen LogP contribution is 2.19. The Bertz CT molecular complexity index is 934. The van der Waals surface area contributed by atoms with E-state index in [4.69, 9.17) is 16.3 Å². The molecule has 4 rings (SSSR count). The molecule has 1 aliphatic rings. The van der Waals surface area contributed by atoms with Crippen molar-refractivity contribution in [3.8, 4) is 0 Å². The zero-order valence-corrected chi connectivity index (χ0v) is 14.9. The lowest BCUT2D eigenvalue weighted by Gasteiger charge is -2.29. The molecule has 134 valence electrons. The van der Waals surface area contributed by atoms with Gasteiger partial charge in [-0.3, -0.25) is 4.79 Å². The van der Waals surface area contributed by atoms with E-state index in [1.54, 1.807) is 6.07 Å². The second kappa shape index (κ2) is 7.35. The summed E-state index contributed by atoms with van der Waals surface area (Å²) in [5.41, 5.74) is 3.36. The summed E-state index contributed by atoms with van der Waals surface area (Å²) in [7, 11) is 0. The third-order valence-corrected chi connectivity index (χ3v) is 4.63. The first kappa shape index (κ1) is 16.9. The molecular formula is C19H19ClN4O2. The van der Waals surface area contributed by atoms with Crippen molar-refractivity contribution in [2.75, 3.05) is 31.2 Å². The van der Waals surface area contributed by atoms with Crippen LogP contribution in [0.4, 0.5) is 5.69 Å². The minimum atomic E-state index is -0.126. The van der Waals surface area contributed by atoms with Gasteiger partial charge >= 0.3 is 0 Å². The summed E-state index contributed by atoms with van der Waals surface area (Å²) in [4.78, 5) is 22.4. The summed E-state index contributed by atoms with van der Waals surface area (Å²) < 4.78 is 5.38. The van der Waals surface area contributed by atoms with E-state index in [0.29, 0.717) is 36.2 Å². The van der Waals surface area contributed by atoms with Gasteiger partial charge in [-0.2, -0.15) is 0 Å². The predicted molar refractivity (Wildman–Crippen MR) is 102 cm³/mol. The number of amides is 1. The van der Waals surface area contributed by atoms with E-state index in [-0.39, 0.29) is 5.91 Å². The molecule has 3 aromatic rings. The summed E-state index contributed by atoms with van der Waals surface area (Å²) in [5, 5.41) is 3.56. The van der Waals surface area contributed by atoms with Crippen LogP contribution in [-0.4, -0.2) is 42.2 Å². The van der Waals surface area contributed by atoms with Gasteiger partial charge in [0.05, 0.1) is 30.8 Å². The number of hydrogen-bond acceptors (Lipinski definition) is 4. The monoisotopic (exact) mass is 370 g/mol. The van der Waals surface area contributed by atoms with Crippen molar-refractivity contribution in [1.29, 1.82) is 0 Å². The van der Waals surface area contributed by atoms with Crippen LogP contribution in [0.15, 0.2) is 42.5 Å². The number of anilines is 1. The molecule has 6 nitrogen and oxygen atoms in total. The van der Waals surface area contributed by atoms with Gasteiger partial charge in [-0.05, 0) is 36.4 Å². The van der Waals surface area contributed by atoms with Crippen molar-refractivity contribution in [1.82, 2.24) is 15.3 Å². The topological polar surface area (TPSA) is 70.2 Å². The van der Waals surface area contributed by atoms with Crippen molar-refractivity contribution in [3.05, 3.63) is 58.9 Å². The van der Waals surface area contributed by atoms with Crippen LogP contribution in [0.5, 0.6) is 0 Å². The lowest BCUT2D eigenvalue weighted by atomic mass is 10.1. The van der Waals surface area contributed by atoms with Crippen LogP contribution in [-0.2, 0) is 11.3 Å². The zero-order chi connectivity index (χ0) is 17.9. The molecule has 1 aromatic heterocycles. The Hall–Kier alpha value is -2.57. The number of imidazole rings is 1. The van der Waals surface area contributed by atoms with E-state index in [1.165, 1.54) is 0 Å². The SMILES string of the molecule is O=C(NCc1nc2ccc(Cl)cc2[nH]1)c1cccc(N2CCOCC2)c1. The molecule has 2 aromatic carbocycles. The van der Waals surface area contributed by atoms with Crippen LogP contribution in [0.3, 0.4) is 0 Å². The van der Waals surface area contributed by atoms with Crippen LogP contribution in [0.25, 0.3) is 11.0 Å². The lowest BCUT2D eigenvalue weighted by molar-refractivity contribution is 0.0950. The molecule has 0 saturated carbocycles. The summed E-state index contributed by atoms with van der Waals surface area (Å²) in [5.74, 6) is 0.568. The highest BCUT2D eigenvalue weighted by atomic mass is 35.5. The first-order valence-electron chi connectivity index (χ1n) is 8.54. The molecule has 1 aliphatic heterocycles. The van der Waals surface area contributed by atoms with E-state index >= 15 is 0 Å². The maximum Gasteiger partial charge on any atom is 0.251 e. The van der Waals surface area contributed by atoms with Crippen molar-refractivity contribution < 1.29 is 9.53 Å². The van der Waals surface area contributed by atoms with E-state index in [9.17, 15) is 4.79 Å². The molecule has 1 amide bonds. The number of aromatic amines is 1. The Labute approximate surface area is 156 Å². The van der Waals surface area contributed by atoms with Gasteiger partial charge in [0, 0.05) is 29.4 Å². The second-order valence-electron chi connectivity index (χ2n) is 6.18. The Kier molecular flexibility index (Phi) is 4.77. The van der Waals surface area contributed by atoms with Gasteiger partial charge in [0.1, 0.15) is 5.82 Å². The number of benzene rings is 2. The summed E-state index contributed by atoms with van der Waals surface area (Å²) >= 11 is 5.99. The molecule has 0 spiro atoms. The number of rotatable bonds is 4. The molecule has 0 unspecified atom stereocenters. The van der Waals surface area contributed by atoms with Gasteiger partial charge < -0.3 is 19.9 Å². The Morgan fingerprint density at radius 2 is 2.08 bits per heavy atom. The number of nitrogens with one attached hydrogen (secondary N) is 2. The molecule has 1 saturated heterocycles. The van der Waals surface area contributed by atoms with Gasteiger partial charge in [0.15, 0.2) is 0 Å². The summed E-state index contributed by atoms with van der Waals surface area (Å²) in [6.07, 6.45) is 0. The van der Waals surface area contributed by atoms with Crippen LogP contribution in [0.1, 0.15) is 16.2 Å². The number of ether oxygens (including phenoxy) is 1. The minimum Gasteiger partial charge on any atom is -0.378 e. The highest BCUT2D eigenvalue weighted by molar-refractivity contribution is 6.31. The predicted octanol–water partition coefficient (Wildman–Crippen LogP) is 2.98. The number of halogens is 1. The Balaban J connectivity index is 1.44. The number of carbonyl (C=O) groups is 1. The number of fused-ring (bicyclic) bond motifs is 1. The van der Waals surface area contributed by atoms with Gasteiger partial charge in [-0.1, -0.05) is 17.7 Å². The van der Waals surface area contributed by atoms with E-state index < -0.39 is 0 Å². The average Bonchev–Trinajstić information content (AvgIpc) is 3.09. The van der Waals surface area contributed by atoms with Crippen molar-refractivity contribution in [3.63, 3.8) is 0 Å². The summed E-state index contributed by atoms with van der Waals surface area (Å²) in [6.45, 7) is 3.44. The van der Waals surface area contributed by atoms with Crippen molar-refractivity contribution in [2.45, 2.75) is 6.54 Å². The molecule has 0 bridgehead atoms. The molecular weight excluding hydrogens is 352 g/mol. The first-order chi connectivity index (χ1) is 12.7. The van der Waals surface area contributed by atoms with E-state index in [1.807, 2.05) is 36.4 Å². The molecule has 0 atom stereocenters. The smallest absolute Gasteiger partial charge is 0.251 e. The summed E-state index contributed by atoms with van der Waals surface area (Å²) in [6, 6.07) is 13.1. The standard InChI is InChI=1S/C19H19ClN4O2/c20-14-4-5-16-17(11-14)23-18(22-16)12-21-19(25)13-2-1-3-15(10-13)24-6-8-26-9-7-24/h1-5,10-11H,6-9,12H2,(H,21,25)(H,22,23). The van der Waals surface area contributed by atoms with Gasteiger partial charge in [-0.25, -0.2) is 4.98 Å². The average molecular weight is 371 g/mol. The van der Waals surface area contributed by atoms with Gasteiger partial charge in [-0.15, -0.1) is 0 Å². The fraction of sp³-hybridized carbons (Fsp3) is 0.263. The van der Waals surface area contributed by atoms with Crippen LogP contribution in [0.2, 0.25) is 5.02 Å². The second-order valence-corrected chi connectivity index (χ2v) is 6.61. The Morgan fingerprint density at radius 1 is 1.23 bits per heavy atom. The fourth-order valence-electron chi connectivity index (χ4n) is 3.05. The van der Waals surface area contributed by atoms with Crippen LogP contribution < -0.4 is 10.2 Å². The maximum absolute atomic E-state index is 12.5. The number of morpholine rings is 1. The molecule has 26 heavy (non-hydrogen) atoms. The van der Waals surface area contributed by atoms with Crippen LogP contribution >= 0.6 is 11.6 Å². The molecule has 2 N–H and O–H groups in total. The normalized spacial score (nSPS) is 14.6. The largest absolute Gasteiger partial charge is 0.378 e. The fourth-order valence-corrected chi connectivity index (χ4v) is 3.22. The third-order valence-electron chi connectivity index (χ3n) is 4.39. The number of hydrogen-bond donors (Lipinski definition) is 2. The molecule has 0 radical (unpaired) electrons. The molecule has 7 heteroatoms. The molecule has 1 fully saturated rings. The lowest BCUT2D eigenvalue weighted by Crippen LogP contribution is -2.36. The third kappa shape index (κ3) is 3.66. The highest BCUT2D eigenvalue weighted by Gasteiger charge is 2.14. The zero-order valence-electron chi connectivity index (χ0n) is 14.2. The number of aromatic nitrogens is 2. The quantitative estimate of drug-likeness (QED) is 0.740. The maximum atomic E-state index is 12.5. The van der Waals surface area contributed by atoms with Crippen molar-refractivity contribution in [2.24, 2.45) is 0 Å². The Morgan fingerprint density at radius 3 is 2.92 bits per heavy atom. The molecule has 0 aliphatic carbocycles. The number of H-pyrrole nitrogens is 1. The van der Waals surface area contributed by atoms with Gasteiger partial charge in [0.25, 0.3) is 5.91 Å². The van der Waals surface area contributed by atoms with E-state index in [0.717, 1.165) is 29.8 Å². The minimum absolute atomic E-state index is 0.126. The van der Waals surface area contributed by atoms with E-state index in [2.05, 4.69) is 20.2 Å². The first-order valence-corrected chi connectivity index (χ1v) is 8.92. The number of nitrogens with zero attached hydrogens (tertiary/aromatic N) is 2. The van der Waals surface area contributed by atoms with Gasteiger partial charge in [0.2, 0.25) is 0 Å². The number of carbonyl (C=O) groups excluding carboxylic acids is 1.